The van der Waals surface area contributed by atoms with E-state index >= 15 is 0 Å². The van der Waals surface area contributed by atoms with E-state index in [1.807, 2.05) is 0 Å². The summed E-state index contributed by atoms with van der Waals surface area (Å²) in [5.74, 6) is -6.09. The summed E-state index contributed by atoms with van der Waals surface area (Å²) in [6, 6.07) is 0. The minimum absolute atomic E-state index is 0.340. The molecule has 0 spiro atoms. The van der Waals surface area contributed by atoms with Gasteiger partial charge in [-0.2, -0.15) is 17.6 Å². The Morgan fingerprint density at radius 2 is 1.71 bits per heavy atom. The Labute approximate surface area is 120 Å². The highest BCUT2D eigenvalue weighted by Crippen LogP contribution is 2.39. The molecule has 0 heterocycles. The van der Waals surface area contributed by atoms with Gasteiger partial charge in [-0.15, -0.1) is 0 Å². The van der Waals surface area contributed by atoms with Crippen molar-refractivity contribution >= 4 is 17.0 Å². The number of aliphatic hydroxyl groups excluding tert-OH is 1. The van der Waals surface area contributed by atoms with E-state index < -0.39 is 53.3 Å². The monoisotopic (exact) mass is 336 g/mol. The van der Waals surface area contributed by atoms with Crippen molar-refractivity contribution < 1.29 is 41.0 Å². The highest BCUT2D eigenvalue weighted by molar-refractivity contribution is 7.80. The predicted octanol–water partition coefficient (Wildman–Crippen LogP) is 1.92. The lowest BCUT2D eigenvalue weighted by molar-refractivity contribution is -0.174. The SMILES string of the molecule is O=C(OCCC(F)(F)C(F)(F)S(=O)O)C1CCC(O)CC1. The highest BCUT2D eigenvalue weighted by Gasteiger charge is 2.61. The van der Waals surface area contributed by atoms with E-state index in [0.717, 1.165) is 0 Å². The van der Waals surface area contributed by atoms with Crippen LogP contribution in [0.4, 0.5) is 17.6 Å². The van der Waals surface area contributed by atoms with Gasteiger partial charge in [-0.1, -0.05) is 0 Å². The van der Waals surface area contributed by atoms with Crippen LogP contribution < -0.4 is 0 Å². The molecule has 0 aromatic heterocycles. The molecule has 1 fully saturated rings. The molecule has 0 aliphatic heterocycles. The lowest BCUT2D eigenvalue weighted by Crippen LogP contribution is -2.44. The van der Waals surface area contributed by atoms with Gasteiger partial charge in [-0.05, 0) is 25.7 Å². The van der Waals surface area contributed by atoms with Gasteiger partial charge in [-0.25, -0.2) is 4.21 Å². The van der Waals surface area contributed by atoms with Gasteiger partial charge in [0.2, 0.25) is 11.1 Å². The third-order valence-corrected chi connectivity index (χ3v) is 4.07. The fraction of sp³-hybridized carbons (Fsp3) is 0.909. The molecule has 0 aromatic carbocycles. The van der Waals surface area contributed by atoms with Crippen LogP contribution in [0.25, 0.3) is 0 Å². The molecule has 21 heavy (non-hydrogen) atoms. The number of hydrogen-bond donors (Lipinski definition) is 2. The van der Waals surface area contributed by atoms with Crippen molar-refractivity contribution in [1.29, 1.82) is 0 Å². The van der Waals surface area contributed by atoms with Crippen LogP contribution in [0.5, 0.6) is 0 Å². The molecule has 1 rings (SSSR count). The van der Waals surface area contributed by atoms with Gasteiger partial charge < -0.3 is 14.4 Å². The zero-order valence-corrected chi connectivity index (χ0v) is 11.8. The van der Waals surface area contributed by atoms with E-state index in [4.69, 9.17) is 4.55 Å². The molecular formula is C11H16F4O5S. The molecule has 0 radical (unpaired) electrons. The fourth-order valence-corrected chi connectivity index (χ4v) is 2.34. The number of ether oxygens (including phenoxy) is 1. The van der Waals surface area contributed by atoms with Crippen LogP contribution in [0.1, 0.15) is 32.1 Å². The Hall–Kier alpha value is -0.740. The molecule has 1 unspecified atom stereocenters. The van der Waals surface area contributed by atoms with Crippen molar-refractivity contribution in [3.05, 3.63) is 0 Å². The Bertz CT molecular complexity index is 396. The van der Waals surface area contributed by atoms with Gasteiger partial charge in [0.25, 0.3) is 0 Å². The Morgan fingerprint density at radius 1 is 1.19 bits per heavy atom. The summed E-state index contributed by atoms with van der Waals surface area (Å²) >= 11 is -4.02. The average molecular weight is 336 g/mol. The van der Waals surface area contributed by atoms with Crippen molar-refractivity contribution in [3.63, 3.8) is 0 Å². The molecule has 1 saturated carbocycles. The molecule has 0 saturated heterocycles. The summed E-state index contributed by atoms with van der Waals surface area (Å²) in [7, 11) is 0. The van der Waals surface area contributed by atoms with Gasteiger partial charge in [0.1, 0.15) is 0 Å². The summed E-state index contributed by atoms with van der Waals surface area (Å²) in [4.78, 5) is 11.5. The van der Waals surface area contributed by atoms with Gasteiger partial charge in [0.05, 0.1) is 25.0 Å². The van der Waals surface area contributed by atoms with Crippen LogP contribution in [0.15, 0.2) is 0 Å². The molecular weight excluding hydrogens is 320 g/mol. The van der Waals surface area contributed by atoms with E-state index in [1.165, 1.54) is 0 Å². The van der Waals surface area contributed by atoms with E-state index in [-0.39, 0.29) is 0 Å². The van der Waals surface area contributed by atoms with E-state index in [2.05, 4.69) is 4.74 Å². The molecule has 10 heteroatoms. The average Bonchev–Trinajstić information content (AvgIpc) is 2.38. The predicted molar refractivity (Wildman–Crippen MR) is 64.2 cm³/mol. The van der Waals surface area contributed by atoms with Crippen molar-refractivity contribution in [2.45, 2.75) is 49.4 Å². The van der Waals surface area contributed by atoms with Crippen molar-refractivity contribution in [3.8, 4) is 0 Å². The number of aliphatic hydroxyl groups is 1. The van der Waals surface area contributed by atoms with Crippen LogP contribution >= 0.6 is 0 Å². The molecule has 1 aliphatic rings. The van der Waals surface area contributed by atoms with Gasteiger partial charge in [-0.3, -0.25) is 4.79 Å². The first-order valence-electron chi connectivity index (χ1n) is 6.29. The highest BCUT2D eigenvalue weighted by atomic mass is 32.2. The van der Waals surface area contributed by atoms with Crippen LogP contribution in [0.3, 0.4) is 0 Å². The maximum absolute atomic E-state index is 13.1. The lowest BCUT2D eigenvalue weighted by Gasteiger charge is -2.25. The van der Waals surface area contributed by atoms with E-state index in [9.17, 15) is 31.7 Å². The number of hydrogen-bond acceptors (Lipinski definition) is 4. The zero-order valence-electron chi connectivity index (χ0n) is 10.9. The Balaban J connectivity index is 2.42. The van der Waals surface area contributed by atoms with Crippen LogP contribution in [-0.2, 0) is 20.6 Å². The Morgan fingerprint density at radius 3 is 2.19 bits per heavy atom. The molecule has 2 N–H and O–H groups in total. The second-order valence-electron chi connectivity index (χ2n) is 4.89. The van der Waals surface area contributed by atoms with Gasteiger partial charge in [0, 0.05) is 0 Å². The van der Waals surface area contributed by atoms with Gasteiger partial charge >= 0.3 is 17.1 Å². The molecule has 0 aromatic rings. The van der Waals surface area contributed by atoms with E-state index in [0.29, 0.717) is 25.7 Å². The number of halogens is 4. The number of alkyl halides is 4. The minimum atomic E-state index is -5.10. The second-order valence-corrected chi connectivity index (χ2v) is 5.90. The largest absolute Gasteiger partial charge is 0.465 e. The first-order valence-corrected chi connectivity index (χ1v) is 7.40. The molecule has 124 valence electrons. The maximum Gasteiger partial charge on any atom is 0.406 e. The topological polar surface area (TPSA) is 83.8 Å². The molecule has 0 amide bonds. The second kappa shape index (κ2) is 7.01. The summed E-state index contributed by atoms with van der Waals surface area (Å²) in [5.41, 5.74) is 0. The van der Waals surface area contributed by atoms with Crippen molar-refractivity contribution in [2.75, 3.05) is 6.61 Å². The molecule has 1 atom stereocenters. The summed E-state index contributed by atoms with van der Waals surface area (Å²) in [5, 5.41) is 4.14. The quantitative estimate of drug-likeness (QED) is 0.440. The van der Waals surface area contributed by atoms with E-state index in [1.54, 1.807) is 0 Å². The van der Waals surface area contributed by atoms with Crippen molar-refractivity contribution in [2.24, 2.45) is 5.92 Å². The van der Waals surface area contributed by atoms with Crippen molar-refractivity contribution in [1.82, 2.24) is 0 Å². The first kappa shape index (κ1) is 18.3. The standard InChI is InChI=1S/C11H16F4O5S/c12-10(13,11(14,15)21(18)19)5-6-20-9(17)7-1-3-8(16)4-2-7/h7-8,16H,1-6H2,(H,18,19). The van der Waals surface area contributed by atoms with Gasteiger partial charge in [0.15, 0.2) is 0 Å². The minimum Gasteiger partial charge on any atom is -0.465 e. The van der Waals surface area contributed by atoms with Crippen LogP contribution in [0.2, 0.25) is 0 Å². The third kappa shape index (κ3) is 4.62. The Kier molecular flexibility index (Phi) is 6.11. The first-order chi connectivity index (χ1) is 9.58. The summed E-state index contributed by atoms with van der Waals surface area (Å²) in [6.07, 6.45) is -0.598. The maximum atomic E-state index is 13.1. The lowest BCUT2D eigenvalue weighted by atomic mass is 9.87. The third-order valence-electron chi connectivity index (χ3n) is 3.34. The number of carbonyl (C=O) groups excluding carboxylic acids is 1. The van der Waals surface area contributed by atoms with Crippen LogP contribution in [0, 0.1) is 5.92 Å². The molecule has 0 bridgehead atoms. The fourth-order valence-electron chi connectivity index (χ4n) is 1.98. The molecule has 5 nitrogen and oxygen atoms in total. The van der Waals surface area contributed by atoms with Crippen LogP contribution in [-0.4, -0.2) is 43.7 Å². The summed E-state index contributed by atoms with van der Waals surface area (Å²) in [6.45, 7) is -0.975. The molecule has 1 aliphatic carbocycles. The summed E-state index contributed by atoms with van der Waals surface area (Å²) < 4.78 is 74.6. The normalized spacial score (nSPS) is 25.4. The smallest absolute Gasteiger partial charge is 0.406 e. The number of carbonyl (C=O) groups is 1. The number of esters is 1. The zero-order chi connectivity index (χ0) is 16.3. The number of rotatable bonds is 6.